The molecule has 1 aromatic carbocycles. The maximum Gasteiger partial charge on any atom is 0.260 e. The Hall–Kier alpha value is -2.30. The minimum absolute atomic E-state index is 0.0863. The molecule has 0 saturated heterocycles. The number of aryl methyl sites for hydroxylation is 2. The number of aromatic nitrogens is 2. The maximum absolute atomic E-state index is 12.2. The highest BCUT2D eigenvalue weighted by molar-refractivity contribution is 5.80. The van der Waals surface area contributed by atoms with E-state index in [0.717, 1.165) is 29.8 Å². The molecule has 0 fully saturated rings. The van der Waals surface area contributed by atoms with Gasteiger partial charge in [0.25, 0.3) is 5.91 Å². The smallest absolute Gasteiger partial charge is 0.260 e. The van der Waals surface area contributed by atoms with Gasteiger partial charge in [-0.1, -0.05) is 26.0 Å². The van der Waals surface area contributed by atoms with Crippen molar-refractivity contribution in [2.24, 2.45) is 0 Å². The molecule has 0 spiro atoms. The fourth-order valence-corrected chi connectivity index (χ4v) is 2.50. The summed E-state index contributed by atoms with van der Waals surface area (Å²) in [5.41, 5.74) is 2.25. The molecule has 1 amide bonds. The fourth-order valence-electron chi connectivity index (χ4n) is 2.50. The van der Waals surface area contributed by atoms with Gasteiger partial charge in [0, 0.05) is 25.5 Å². The van der Waals surface area contributed by atoms with E-state index in [0.29, 0.717) is 12.5 Å². The van der Waals surface area contributed by atoms with Gasteiger partial charge in [-0.05, 0) is 43.4 Å². The quantitative estimate of drug-likeness (QED) is 0.756. The number of rotatable bonds is 8. The van der Waals surface area contributed by atoms with Crippen LogP contribution in [0.4, 0.5) is 0 Å². The van der Waals surface area contributed by atoms with E-state index in [4.69, 9.17) is 4.74 Å². The molecule has 24 heavy (non-hydrogen) atoms. The number of ether oxygens (including phenoxy) is 1. The summed E-state index contributed by atoms with van der Waals surface area (Å²) in [4.78, 5) is 16.2. The van der Waals surface area contributed by atoms with Gasteiger partial charge in [-0.3, -0.25) is 4.79 Å². The van der Waals surface area contributed by atoms with Crippen molar-refractivity contribution in [1.82, 2.24) is 14.9 Å². The number of carbonyl (C=O) groups excluding carboxylic acids is 1. The van der Waals surface area contributed by atoms with Crippen LogP contribution in [0.25, 0.3) is 0 Å². The van der Waals surface area contributed by atoms with Crippen LogP contribution in [0.3, 0.4) is 0 Å². The van der Waals surface area contributed by atoms with Gasteiger partial charge < -0.3 is 14.6 Å². The number of nitrogens with one attached hydrogen (secondary N) is 1. The topological polar surface area (TPSA) is 56.1 Å². The van der Waals surface area contributed by atoms with Crippen molar-refractivity contribution >= 4 is 5.91 Å². The first-order valence-electron chi connectivity index (χ1n) is 8.48. The van der Waals surface area contributed by atoms with E-state index in [2.05, 4.69) is 36.3 Å². The predicted octanol–water partition coefficient (Wildman–Crippen LogP) is 3.29. The molecule has 1 aromatic heterocycles. The molecule has 0 radical (unpaired) electrons. The zero-order chi connectivity index (χ0) is 17.5. The number of hydrogen-bond donors (Lipinski definition) is 1. The molecule has 0 aliphatic carbocycles. The largest absolute Gasteiger partial charge is 0.481 e. The number of nitrogens with zero attached hydrogens (tertiary/aromatic N) is 2. The molecule has 5 heteroatoms. The summed E-state index contributed by atoms with van der Waals surface area (Å²) in [6.07, 6.45) is 5.79. The fraction of sp³-hybridized carbons (Fsp3) is 0.474. The Morgan fingerprint density at radius 2 is 2.12 bits per heavy atom. The van der Waals surface area contributed by atoms with E-state index in [9.17, 15) is 4.79 Å². The van der Waals surface area contributed by atoms with Crippen molar-refractivity contribution in [2.75, 3.05) is 6.54 Å². The summed E-state index contributed by atoms with van der Waals surface area (Å²) in [5, 5.41) is 2.93. The van der Waals surface area contributed by atoms with Crippen LogP contribution >= 0.6 is 0 Å². The molecule has 1 heterocycles. The maximum atomic E-state index is 12.2. The molecule has 0 aliphatic rings. The van der Waals surface area contributed by atoms with Gasteiger partial charge in [0.05, 0.1) is 6.33 Å². The SMILES string of the molecule is Cc1ccc(C(C)C)c(O[C@@H](C)C(=O)NCCCn2ccnc2)c1. The summed E-state index contributed by atoms with van der Waals surface area (Å²) < 4.78 is 7.92. The lowest BCUT2D eigenvalue weighted by Crippen LogP contribution is -2.37. The van der Waals surface area contributed by atoms with Crippen molar-refractivity contribution < 1.29 is 9.53 Å². The van der Waals surface area contributed by atoms with Crippen LogP contribution in [0, 0.1) is 6.92 Å². The van der Waals surface area contributed by atoms with Crippen LogP contribution in [0.5, 0.6) is 5.75 Å². The first-order chi connectivity index (χ1) is 11.5. The van der Waals surface area contributed by atoms with Gasteiger partial charge in [0.1, 0.15) is 5.75 Å². The van der Waals surface area contributed by atoms with Crippen molar-refractivity contribution in [3.05, 3.63) is 48.0 Å². The van der Waals surface area contributed by atoms with Crippen LogP contribution in [-0.2, 0) is 11.3 Å². The van der Waals surface area contributed by atoms with Crippen LogP contribution in [0.15, 0.2) is 36.9 Å². The molecule has 2 rings (SSSR count). The molecule has 130 valence electrons. The third kappa shape index (κ3) is 5.11. The summed E-state index contributed by atoms with van der Waals surface area (Å²) in [6.45, 7) is 9.52. The number of benzene rings is 1. The standard InChI is InChI=1S/C19H27N3O2/c1-14(2)17-7-6-15(3)12-18(17)24-16(4)19(23)21-8-5-10-22-11-9-20-13-22/h6-7,9,11-14,16H,5,8,10H2,1-4H3,(H,21,23)/t16-/m0/s1. The highest BCUT2D eigenvalue weighted by Crippen LogP contribution is 2.28. The highest BCUT2D eigenvalue weighted by Gasteiger charge is 2.17. The molecular weight excluding hydrogens is 302 g/mol. The molecule has 1 N–H and O–H groups in total. The Balaban J connectivity index is 1.84. The van der Waals surface area contributed by atoms with Crippen molar-refractivity contribution in [3.8, 4) is 5.75 Å². The van der Waals surface area contributed by atoms with E-state index in [-0.39, 0.29) is 5.91 Å². The van der Waals surface area contributed by atoms with Gasteiger partial charge in [-0.15, -0.1) is 0 Å². The highest BCUT2D eigenvalue weighted by atomic mass is 16.5. The second-order valence-electron chi connectivity index (χ2n) is 6.40. The van der Waals surface area contributed by atoms with E-state index < -0.39 is 6.10 Å². The average Bonchev–Trinajstić information content (AvgIpc) is 3.04. The van der Waals surface area contributed by atoms with E-state index >= 15 is 0 Å². The second kappa shape index (κ2) is 8.52. The Labute approximate surface area is 144 Å². The molecule has 0 bridgehead atoms. The van der Waals surface area contributed by atoms with Crippen LogP contribution in [-0.4, -0.2) is 28.1 Å². The van der Waals surface area contributed by atoms with Crippen molar-refractivity contribution in [2.45, 2.75) is 52.7 Å². The zero-order valence-electron chi connectivity index (χ0n) is 15.0. The van der Waals surface area contributed by atoms with Crippen LogP contribution in [0.2, 0.25) is 0 Å². The summed E-state index contributed by atoms with van der Waals surface area (Å²) in [6, 6.07) is 6.15. The lowest BCUT2D eigenvalue weighted by molar-refractivity contribution is -0.127. The van der Waals surface area contributed by atoms with Gasteiger partial charge in [-0.25, -0.2) is 4.98 Å². The van der Waals surface area contributed by atoms with Crippen molar-refractivity contribution in [1.29, 1.82) is 0 Å². The summed E-state index contributed by atoms with van der Waals surface area (Å²) in [5.74, 6) is 1.06. The normalized spacial score (nSPS) is 12.2. The minimum Gasteiger partial charge on any atom is -0.481 e. The van der Waals surface area contributed by atoms with Gasteiger partial charge >= 0.3 is 0 Å². The van der Waals surface area contributed by atoms with Gasteiger partial charge in [-0.2, -0.15) is 0 Å². The third-order valence-electron chi connectivity index (χ3n) is 3.92. The molecule has 0 unspecified atom stereocenters. The molecule has 1 atom stereocenters. The minimum atomic E-state index is -0.516. The average molecular weight is 329 g/mol. The number of imidazole rings is 1. The van der Waals surface area contributed by atoms with Gasteiger partial charge in [0.2, 0.25) is 0 Å². The Bertz CT molecular complexity index is 651. The monoisotopic (exact) mass is 329 g/mol. The molecule has 5 nitrogen and oxygen atoms in total. The van der Waals surface area contributed by atoms with E-state index in [1.54, 1.807) is 19.4 Å². The summed E-state index contributed by atoms with van der Waals surface area (Å²) in [7, 11) is 0. The number of carbonyl (C=O) groups is 1. The molecule has 2 aromatic rings. The number of hydrogen-bond acceptors (Lipinski definition) is 3. The van der Waals surface area contributed by atoms with E-state index in [1.807, 2.05) is 23.8 Å². The lowest BCUT2D eigenvalue weighted by atomic mass is 10.0. The van der Waals surface area contributed by atoms with Crippen LogP contribution in [0.1, 0.15) is 44.2 Å². The number of amides is 1. The third-order valence-corrected chi connectivity index (χ3v) is 3.92. The lowest BCUT2D eigenvalue weighted by Gasteiger charge is -2.19. The Kier molecular flexibility index (Phi) is 6.41. The zero-order valence-corrected chi connectivity index (χ0v) is 15.0. The summed E-state index contributed by atoms with van der Waals surface area (Å²) >= 11 is 0. The Morgan fingerprint density at radius 1 is 1.33 bits per heavy atom. The van der Waals surface area contributed by atoms with Crippen LogP contribution < -0.4 is 10.1 Å². The first-order valence-corrected chi connectivity index (χ1v) is 8.48. The Morgan fingerprint density at radius 3 is 2.79 bits per heavy atom. The van der Waals surface area contributed by atoms with Gasteiger partial charge in [0.15, 0.2) is 6.10 Å². The molecular formula is C19H27N3O2. The second-order valence-corrected chi connectivity index (χ2v) is 6.40. The molecule has 0 saturated carbocycles. The molecule has 0 aliphatic heterocycles. The first kappa shape index (κ1) is 18.0. The predicted molar refractivity (Wildman–Crippen MR) is 95.2 cm³/mol. The van der Waals surface area contributed by atoms with Crippen molar-refractivity contribution in [3.63, 3.8) is 0 Å². The van der Waals surface area contributed by atoms with E-state index in [1.165, 1.54) is 0 Å².